The average molecular weight is 573 g/mol. The van der Waals surface area contributed by atoms with E-state index in [9.17, 15) is 23.3 Å². The zero-order chi connectivity index (χ0) is 28.6. The van der Waals surface area contributed by atoms with Gasteiger partial charge >= 0.3 is 17.9 Å². The number of fused-ring (bicyclic) bond motifs is 1. The van der Waals surface area contributed by atoms with Gasteiger partial charge in [0.05, 0.1) is 10.5 Å². The van der Waals surface area contributed by atoms with Gasteiger partial charge in [-0.1, -0.05) is 0 Å². The molecule has 0 saturated carbocycles. The molecule has 13 heteroatoms. The quantitative estimate of drug-likeness (QED) is 0.309. The molecule has 1 atom stereocenters. The van der Waals surface area contributed by atoms with Crippen LogP contribution >= 0.6 is 0 Å². The molecule has 3 aliphatic rings. The third-order valence-corrected chi connectivity index (χ3v) is 8.23. The van der Waals surface area contributed by atoms with Gasteiger partial charge in [-0.3, -0.25) is 19.6 Å². The molecular formula is C28H31F3N6O4. The number of anilines is 2. The number of hydrogen-bond donors (Lipinski definition) is 0. The number of alkyl halides is 3. The van der Waals surface area contributed by atoms with Crippen LogP contribution in [0.1, 0.15) is 18.4 Å². The molecule has 0 spiro atoms. The normalized spacial score (nSPS) is 21.9. The molecule has 0 N–H and O–H groups in total. The maximum Gasteiger partial charge on any atom is 0.417 e. The summed E-state index contributed by atoms with van der Waals surface area (Å²) in [7, 11) is 0. The second-order valence-electron chi connectivity index (χ2n) is 10.7. The lowest BCUT2D eigenvalue weighted by Gasteiger charge is -2.43. The number of rotatable bonds is 7. The fourth-order valence-electron chi connectivity index (χ4n) is 5.86. The Kier molecular flexibility index (Phi) is 7.14. The van der Waals surface area contributed by atoms with Gasteiger partial charge in [-0.2, -0.15) is 13.2 Å². The number of imidazole rings is 1. The molecule has 2 aromatic carbocycles. The van der Waals surface area contributed by atoms with Crippen LogP contribution < -0.4 is 19.3 Å². The fourth-order valence-corrected chi connectivity index (χ4v) is 5.86. The number of aromatic nitrogens is 2. The molecule has 2 saturated heterocycles. The Hall–Kier alpha value is -4.00. The van der Waals surface area contributed by atoms with Gasteiger partial charge in [0.2, 0.25) is 0 Å². The molecule has 218 valence electrons. The van der Waals surface area contributed by atoms with Gasteiger partial charge in [0.1, 0.15) is 12.3 Å². The van der Waals surface area contributed by atoms with Crippen molar-refractivity contribution >= 4 is 11.4 Å². The predicted molar refractivity (Wildman–Crippen MR) is 145 cm³/mol. The first-order chi connectivity index (χ1) is 19.7. The number of piperazine rings is 1. The van der Waals surface area contributed by atoms with Crippen LogP contribution in [0.2, 0.25) is 0 Å². The van der Waals surface area contributed by atoms with E-state index in [0.29, 0.717) is 11.8 Å². The number of nitrogens with zero attached hydrogens (tertiary/aromatic N) is 6. The van der Waals surface area contributed by atoms with Gasteiger partial charge < -0.3 is 19.3 Å². The summed E-state index contributed by atoms with van der Waals surface area (Å²) < 4.78 is 51.5. The van der Waals surface area contributed by atoms with Crippen molar-refractivity contribution in [2.75, 3.05) is 55.7 Å². The Morgan fingerprint density at radius 2 is 1.56 bits per heavy atom. The van der Waals surface area contributed by atoms with E-state index >= 15 is 0 Å². The van der Waals surface area contributed by atoms with Gasteiger partial charge in [-0.15, -0.1) is 0 Å². The number of nitro groups is 1. The lowest BCUT2D eigenvalue weighted by Crippen LogP contribution is -2.53. The first kappa shape index (κ1) is 27.2. The van der Waals surface area contributed by atoms with E-state index in [-0.39, 0.29) is 19.2 Å². The van der Waals surface area contributed by atoms with Crippen molar-refractivity contribution in [2.45, 2.75) is 37.3 Å². The summed E-state index contributed by atoms with van der Waals surface area (Å²) in [6.07, 6.45) is 0.907. The first-order valence-corrected chi connectivity index (χ1v) is 13.7. The second-order valence-corrected chi connectivity index (χ2v) is 10.7. The van der Waals surface area contributed by atoms with Gasteiger partial charge in [-0.05, 0) is 61.4 Å². The smallest absolute Gasteiger partial charge is 0.417 e. The highest BCUT2D eigenvalue weighted by Crippen LogP contribution is 2.32. The Labute approximate surface area is 235 Å². The Morgan fingerprint density at radius 3 is 2.15 bits per heavy atom. The number of piperidine rings is 1. The van der Waals surface area contributed by atoms with Crippen molar-refractivity contribution in [3.63, 3.8) is 0 Å². The van der Waals surface area contributed by atoms with E-state index in [0.717, 1.165) is 75.6 Å². The Balaban J connectivity index is 0.965. The first-order valence-electron chi connectivity index (χ1n) is 13.7. The van der Waals surface area contributed by atoms with Crippen LogP contribution in [0.3, 0.4) is 0 Å². The van der Waals surface area contributed by atoms with Crippen molar-refractivity contribution in [1.82, 2.24) is 14.5 Å². The van der Waals surface area contributed by atoms with Crippen molar-refractivity contribution in [3.05, 3.63) is 76.6 Å². The van der Waals surface area contributed by atoms with E-state index < -0.39 is 22.4 Å². The molecule has 0 aliphatic carbocycles. The number of hydrogen-bond acceptors (Lipinski definition) is 8. The van der Waals surface area contributed by atoms with Crippen LogP contribution in [0.5, 0.6) is 11.8 Å². The molecule has 0 amide bonds. The molecular weight excluding hydrogens is 541 g/mol. The van der Waals surface area contributed by atoms with Crippen LogP contribution in [-0.4, -0.2) is 77.0 Å². The largest absolute Gasteiger partial charge is 0.482 e. The number of ether oxygens (including phenoxy) is 2. The Bertz CT molecular complexity index is 1330. The molecule has 1 unspecified atom stereocenters. The minimum atomic E-state index is -4.32. The molecule has 0 radical (unpaired) electrons. The number of benzene rings is 2. The van der Waals surface area contributed by atoms with E-state index in [1.807, 2.05) is 24.3 Å². The molecule has 1 aromatic heterocycles. The summed E-state index contributed by atoms with van der Waals surface area (Å²) in [5.74, 6) is 0.531. The molecule has 3 aromatic rings. The SMILES string of the molecule is O=[N+]([O-])C1(COc2ccc(N3CCC(N4CCN(c5ccc(C(F)(F)F)cc5)CC4)CC3)cc2)Cn2ccnc2O1. The monoisotopic (exact) mass is 572 g/mol. The zero-order valence-electron chi connectivity index (χ0n) is 22.4. The lowest BCUT2D eigenvalue weighted by molar-refractivity contribution is -0.615. The van der Waals surface area contributed by atoms with E-state index in [2.05, 4.69) is 19.7 Å². The molecule has 2 fully saturated rings. The van der Waals surface area contributed by atoms with E-state index in [1.54, 1.807) is 22.9 Å². The molecule has 0 bridgehead atoms. The highest BCUT2D eigenvalue weighted by Gasteiger charge is 2.53. The summed E-state index contributed by atoms with van der Waals surface area (Å²) >= 11 is 0. The highest BCUT2D eigenvalue weighted by molar-refractivity contribution is 5.50. The maximum absolute atomic E-state index is 12.9. The minimum Gasteiger partial charge on any atom is -0.482 e. The van der Waals surface area contributed by atoms with Gasteiger partial charge in [0.25, 0.3) is 0 Å². The topological polar surface area (TPSA) is 89.1 Å². The third kappa shape index (κ3) is 5.63. The predicted octanol–water partition coefficient (Wildman–Crippen LogP) is 4.14. The Morgan fingerprint density at radius 1 is 0.951 bits per heavy atom. The van der Waals surface area contributed by atoms with E-state index in [4.69, 9.17) is 9.47 Å². The van der Waals surface area contributed by atoms with E-state index in [1.165, 1.54) is 6.20 Å². The van der Waals surface area contributed by atoms with Gasteiger partial charge in [0, 0.05) is 69.1 Å². The van der Waals surface area contributed by atoms with Crippen LogP contribution in [-0.2, 0) is 12.7 Å². The van der Waals surface area contributed by atoms with Crippen LogP contribution in [0.4, 0.5) is 24.5 Å². The van der Waals surface area contributed by atoms with Crippen molar-refractivity contribution < 1.29 is 27.6 Å². The lowest BCUT2D eigenvalue weighted by atomic mass is 10.0. The molecule has 41 heavy (non-hydrogen) atoms. The second kappa shape index (κ2) is 10.8. The summed E-state index contributed by atoms with van der Waals surface area (Å²) in [5.41, 5.74) is -0.419. The van der Waals surface area contributed by atoms with Crippen LogP contribution in [0.15, 0.2) is 60.9 Å². The standard InChI is InChI=1S/C28H31F3N6O4/c29-28(30,31)21-1-3-22(4-2-21)34-15-17-35(18-16-34)24-9-12-33(13-10-24)23-5-7-25(8-6-23)40-20-27(37(38)39)19-36-14-11-32-26(36)41-27/h1-8,11,14,24H,9-10,12-13,15-20H2. The molecule has 4 heterocycles. The maximum atomic E-state index is 12.9. The van der Waals surface area contributed by atoms with Crippen LogP contribution in [0.25, 0.3) is 0 Å². The summed E-state index contributed by atoms with van der Waals surface area (Å²) in [5, 5.41) is 11.7. The highest BCUT2D eigenvalue weighted by atomic mass is 19.4. The van der Waals surface area contributed by atoms with Crippen molar-refractivity contribution in [2.24, 2.45) is 0 Å². The molecule has 10 nitrogen and oxygen atoms in total. The molecule has 6 rings (SSSR count). The zero-order valence-corrected chi connectivity index (χ0v) is 22.4. The van der Waals surface area contributed by atoms with Crippen LogP contribution in [0, 0.1) is 10.1 Å². The molecule has 3 aliphatic heterocycles. The van der Waals surface area contributed by atoms with Crippen molar-refractivity contribution in [1.29, 1.82) is 0 Å². The van der Waals surface area contributed by atoms with Gasteiger partial charge in [0.15, 0.2) is 6.61 Å². The fraction of sp³-hybridized carbons (Fsp3) is 0.464. The van der Waals surface area contributed by atoms with Crippen molar-refractivity contribution in [3.8, 4) is 11.8 Å². The number of halogens is 3. The third-order valence-electron chi connectivity index (χ3n) is 8.23. The minimum absolute atomic E-state index is 0.0342. The summed E-state index contributed by atoms with van der Waals surface area (Å²) in [6.45, 7) is 4.97. The summed E-state index contributed by atoms with van der Waals surface area (Å²) in [6, 6.07) is 13.7. The average Bonchev–Trinajstić information content (AvgIpc) is 3.57. The van der Waals surface area contributed by atoms with Gasteiger partial charge in [-0.25, -0.2) is 4.98 Å². The summed E-state index contributed by atoms with van der Waals surface area (Å²) in [4.78, 5) is 22.3.